The molecule has 0 saturated heterocycles. The molecule has 0 aromatic heterocycles. The van der Waals surface area contributed by atoms with Crippen molar-refractivity contribution in [1.82, 2.24) is 0 Å². The molecule has 0 N–H and O–H groups in total. The number of halogens is 1. The van der Waals surface area contributed by atoms with Crippen LogP contribution in [0.4, 0.5) is 0 Å². The van der Waals surface area contributed by atoms with Crippen molar-refractivity contribution in [3.05, 3.63) is 58.1 Å². The molecule has 7 heteroatoms. The summed E-state index contributed by atoms with van der Waals surface area (Å²) in [6.07, 6.45) is 0. The van der Waals surface area contributed by atoms with Crippen molar-refractivity contribution < 1.29 is 22.1 Å². The fraction of sp³-hybridized carbons (Fsp3) is 0.133. The van der Waals surface area contributed by atoms with Crippen LogP contribution in [-0.2, 0) is 14.9 Å². The van der Waals surface area contributed by atoms with Gasteiger partial charge in [0, 0.05) is 4.47 Å². The molecule has 0 bridgehead atoms. The van der Waals surface area contributed by atoms with E-state index in [0.29, 0.717) is 0 Å². The topological polar surface area (TPSA) is 69.7 Å². The van der Waals surface area contributed by atoms with Gasteiger partial charge in [-0.1, -0.05) is 22.0 Å². The first-order valence-corrected chi connectivity index (χ1v) is 8.42. The molecule has 5 nitrogen and oxygen atoms in total. The molecule has 0 atom stereocenters. The molecule has 0 fully saturated rings. The molecule has 0 radical (unpaired) electrons. The van der Waals surface area contributed by atoms with Crippen LogP contribution in [0.25, 0.3) is 0 Å². The SMILES string of the molecule is COC(=O)c1cccc(OS(=O)(=O)c2ccc(Br)c(C)c2)c1. The summed E-state index contributed by atoms with van der Waals surface area (Å²) in [6.45, 7) is 1.78. The summed E-state index contributed by atoms with van der Waals surface area (Å²) in [4.78, 5) is 11.5. The largest absolute Gasteiger partial charge is 0.465 e. The summed E-state index contributed by atoms with van der Waals surface area (Å²) in [5, 5.41) is 0. The number of methoxy groups -OCH3 is 1. The molecule has 22 heavy (non-hydrogen) atoms. The zero-order chi connectivity index (χ0) is 16.3. The fourth-order valence-corrected chi connectivity index (χ4v) is 3.00. The molecule has 0 saturated carbocycles. The lowest BCUT2D eigenvalue weighted by molar-refractivity contribution is 0.0600. The maximum atomic E-state index is 12.3. The van der Waals surface area contributed by atoms with E-state index in [-0.39, 0.29) is 16.2 Å². The van der Waals surface area contributed by atoms with Gasteiger partial charge in [0.15, 0.2) is 0 Å². The van der Waals surface area contributed by atoms with Crippen LogP contribution in [0.2, 0.25) is 0 Å². The molecule has 2 aromatic rings. The second kappa shape index (κ2) is 6.50. The standard InChI is InChI=1S/C15H13BrO5S/c1-10-8-13(6-7-14(10)16)22(18,19)21-12-5-3-4-11(9-12)15(17)20-2/h3-9H,1-2H3. The Labute approximate surface area is 137 Å². The van der Waals surface area contributed by atoms with Crippen LogP contribution in [-0.4, -0.2) is 21.5 Å². The van der Waals surface area contributed by atoms with E-state index in [9.17, 15) is 13.2 Å². The van der Waals surface area contributed by atoms with E-state index in [0.717, 1.165) is 10.0 Å². The molecule has 0 aliphatic carbocycles. The first-order valence-electron chi connectivity index (χ1n) is 6.22. The summed E-state index contributed by atoms with van der Waals surface area (Å²) in [5.74, 6) is -0.522. The van der Waals surface area contributed by atoms with Gasteiger partial charge in [0.25, 0.3) is 0 Å². The summed E-state index contributed by atoms with van der Waals surface area (Å²) < 4.78 is 35.0. The number of aryl methyl sites for hydroxylation is 1. The van der Waals surface area contributed by atoms with E-state index in [1.807, 2.05) is 0 Å². The Hall–Kier alpha value is -1.86. The molecule has 0 unspecified atom stereocenters. The van der Waals surface area contributed by atoms with Crippen molar-refractivity contribution in [2.75, 3.05) is 7.11 Å². The lowest BCUT2D eigenvalue weighted by Gasteiger charge is -2.09. The van der Waals surface area contributed by atoms with Crippen molar-refractivity contribution in [1.29, 1.82) is 0 Å². The maximum absolute atomic E-state index is 12.3. The van der Waals surface area contributed by atoms with Crippen LogP contribution in [0.15, 0.2) is 51.8 Å². The third kappa shape index (κ3) is 3.66. The molecule has 2 aromatic carbocycles. The molecule has 0 aliphatic heterocycles. The van der Waals surface area contributed by atoms with Crippen molar-refractivity contribution in [3.63, 3.8) is 0 Å². The molecule has 0 spiro atoms. The predicted molar refractivity (Wildman–Crippen MR) is 84.5 cm³/mol. The second-order valence-electron chi connectivity index (χ2n) is 4.47. The highest BCUT2D eigenvalue weighted by molar-refractivity contribution is 9.10. The van der Waals surface area contributed by atoms with Gasteiger partial charge in [0.2, 0.25) is 0 Å². The summed E-state index contributed by atoms with van der Waals surface area (Å²) in [7, 11) is -2.73. The lowest BCUT2D eigenvalue weighted by atomic mass is 10.2. The van der Waals surface area contributed by atoms with Gasteiger partial charge < -0.3 is 8.92 Å². The minimum atomic E-state index is -3.97. The van der Waals surface area contributed by atoms with Gasteiger partial charge in [-0.25, -0.2) is 4.79 Å². The molecule has 0 amide bonds. The Kier molecular flexibility index (Phi) is 4.87. The summed E-state index contributed by atoms with van der Waals surface area (Å²) in [6, 6.07) is 10.4. The molecular formula is C15H13BrO5S. The predicted octanol–water partition coefficient (Wildman–Crippen LogP) is 3.31. The Balaban J connectivity index is 2.32. The maximum Gasteiger partial charge on any atom is 0.339 e. The number of rotatable bonds is 4. The molecule has 0 heterocycles. The number of ether oxygens (including phenoxy) is 1. The van der Waals surface area contributed by atoms with Crippen molar-refractivity contribution in [2.24, 2.45) is 0 Å². The number of carbonyl (C=O) groups is 1. The summed E-state index contributed by atoms with van der Waals surface area (Å²) in [5.41, 5.74) is 0.982. The minimum absolute atomic E-state index is 0.0386. The van der Waals surface area contributed by atoms with Gasteiger partial charge >= 0.3 is 16.1 Å². The number of hydrogen-bond acceptors (Lipinski definition) is 5. The fourth-order valence-electron chi connectivity index (χ4n) is 1.74. The van der Waals surface area contributed by atoms with E-state index in [1.54, 1.807) is 13.0 Å². The van der Waals surface area contributed by atoms with E-state index in [2.05, 4.69) is 20.7 Å². The van der Waals surface area contributed by atoms with E-state index >= 15 is 0 Å². The van der Waals surface area contributed by atoms with Crippen LogP contribution >= 0.6 is 15.9 Å². The number of esters is 1. The smallest absolute Gasteiger partial charge is 0.339 e. The van der Waals surface area contributed by atoms with E-state index in [4.69, 9.17) is 4.18 Å². The van der Waals surface area contributed by atoms with Gasteiger partial charge in [0.05, 0.1) is 12.7 Å². The monoisotopic (exact) mass is 384 g/mol. The Morgan fingerprint density at radius 2 is 1.86 bits per heavy atom. The van der Waals surface area contributed by atoms with Gasteiger partial charge in [-0.05, 0) is 48.9 Å². The molecule has 0 aliphatic rings. The zero-order valence-corrected chi connectivity index (χ0v) is 14.3. The number of carbonyl (C=O) groups excluding carboxylic acids is 1. The average molecular weight is 385 g/mol. The number of benzene rings is 2. The van der Waals surface area contributed by atoms with Crippen molar-refractivity contribution in [3.8, 4) is 5.75 Å². The van der Waals surface area contributed by atoms with E-state index < -0.39 is 16.1 Å². The third-order valence-corrected chi connectivity index (χ3v) is 5.01. The third-order valence-electron chi connectivity index (χ3n) is 2.88. The minimum Gasteiger partial charge on any atom is -0.465 e. The molecular weight excluding hydrogens is 372 g/mol. The first-order chi connectivity index (χ1) is 10.3. The van der Waals surface area contributed by atoms with E-state index in [1.165, 1.54) is 43.5 Å². The highest BCUT2D eigenvalue weighted by atomic mass is 79.9. The summed E-state index contributed by atoms with van der Waals surface area (Å²) >= 11 is 3.31. The van der Waals surface area contributed by atoms with Crippen LogP contribution in [0, 0.1) is 6.92 Å². The molecule has 2 rings (SSSR count). The van der Waals surface area contributed by atoms with Crippen LogP contribution in [0.1, 0.15) is 15.9 Å². The zero-order valence-electron chi connectivity index (χ0n) is 11.9. The van der Waals surface area contributed by atoms with Crippen LogP contribution < -0.4 is 4.18 Å². The quantitative estimate of drug-likeness (QED) is 0.597. The Bertz CT molecular complexity index is 814. The lowest BCUT2D eigenvalue weighted by Crippen LogP contribution is -2.10. The number of hydrogen-bond donors (Lipinski definition) is 0. The highest BCUT2D eigenvalue weighted by Crippen LogP contribution is 2.24. The van der Waals surface area contributed by atoms with Crippen LogP contribution in [0.5, 0.6) is 5.75 Å². The van der Waals surface area contributed by atoms with Gasteiger partial charge in [-0.2, -0.15) is 8.42 Å². The van der Waals surface area contributed by atoms with Crippen LogP contribution in [0.3, 0.4) is 0 Å². The Morgan fingerprint density at radius 3 is 2.50 bits per heavy atom. The highest BCUT2D eigenvalue weighted by Gasteiger charge is 2.18. The van der Waals surface area contributed by atoms with Gasteiger partial charge in [-0.3, -0.25) is 0 Å². The molecule has 116 valence electrons. The average Bonchev–Trinajstić information content (AvgIpc) is 2.49. The van der Waals surface area contributed by atoms with Crippen molar-refractivity contribution >= 4 is 32.0 Å². The van der Waals surface area contributed by atoms with Crippen molar-refractivity contribution in [2.45, 2.75) is 11.8 Å². The van der Waals surface area contributed by atoms with Gasteiger partial charge in [-0.15, -0.1) is 0 Å². The first kappa shape index (κ1) is 16.5. The van der Waals surface area contributed by atoms with Gasteiger partial charge in [0.1, 0.15) is 10.6 Å². The second-order valence-corrected chi connectivity index (χ2v) is 6.87. The normalized spacial score (nSPS) is 11.0. The Morgan fingerprint density at radius 1 is 1.14 bits per heavy atom.